The summed E-state index contributed by atoms with van der Waals surface area (Å²) >= 11 is 0. The smallest absolute Gasteiger partial charge is 0.361 e. The SMILES string of the molecule is C=C(c1ccccc1)[C@H]1[C@H](c2ccccc2)C[N+]1(CC(=O)OCC)Cc1ccccc1. The van der Waals surface area contributed by atoms with Crippen molar-refractivity contribution < 1.29 is 14.0 Å². The highest BCUT2D eigenvalue weighted by Gasteiger charge is 2.57. The lowest BCUT2D eigenvalue weighted by Gasteiger charge is -2.57. The highest BCUT2D eigenvalue weighted by atomic mass is 16.5. The summed E-state index contributed by atoms with van der Waals surface area (Å²) in [5.74, 6) is 0.169. The first kappa shape index (κ1) is 21.1. The first-order valence-electron chi connectivity index (χ1n) is 11.0. The van der Waals surface area contributed by atoms with Gasteiger partial charge in [-0.15, -0.1) is 0 Å². The Morgan fingerprint density at radius 1 is 0.935 bits per heavy atom. The predicted molar refractivity (Wildman–Crippen MR) is 125 cm³/mol. The maximum atomic E-state index is 12.7. The van der Waals surface area contributed by atoms with Gasteiger partial charge < -0.3 is 9.22 Å². The highest BCUT2D eigenvalue weighted by molar-refractivity contribution is 5.72. The van der Waals surface area contributed by atoms with Crippen molar-refractivity contribution in [2.75, 3.05) is 19.7 Å². The van der Waals surface area contributed by atoms with Crippen LogP contribution in [0.4, 0.5) is 0 Å². The molecule has 31 heavy (non-hydrogen) atoms. The van der Waals surface area contributed by atoms with Crippen LogP contribution in [0.15, 0.2) is 97.6 Å². The lowest BCUT2D eigenvalue weighted by atomic mass is 9.73. The molecule has 0 spiro atoms. The van der Waals surface area contributed by atoms with E-state index in [1.165, 1.54) is 11.1 Å². The fraction of sp³-hybridized carbons (Fsp3) is 0.250. The fourth-order valence-corrected chi connectivity index (χ4v) is 5.03. The average Bonchev–Trinajstić information content (AvgIpc) is 2.79. The molecule has 0 aliphatic carbocycles. The quantitative estimate of drug-likeness (QED) is 0.363. The van der Waals surface area contributed by atoms with E-state index in [1.54, 1.807) is 0 Å². The second-order valence-electron chi connectivity index (χ2n) is 8.36. The van der Waals surface area contributed by atoms with Crippen molar-refractivity contribution >= 4 is 11.5 Å². The second kappa shape index (κ2) is 9.32. The molecule has 0 N–H and O–H groups in total. The topological polar surface area (TPSA) is 26.3 Å². The van der Waals surface area contributed by atoms with E-state index >= 15 is 0 Å². The number of carbonyl (C=O) groups excluding carboxylic acids is 1. The summed E-state index contributed by atoms with van der Waals surface area (Å²) in [6.07, 6.45) is 0. The van der Waals surface area contributed by atoms with E-state index in [1.807, 2.05) is 37.3 Å². The number of rotatable bonds is 8. The Labute approximate surface area is 185 Å². The summed E-state index contributed by atoms with van der Waals surface area (Å²) in [6.45, 7) is 8.82. The summed E-state index contributed by atoms with van der Waals surface area (Å²) in [5.41, 5.74) is 4.74. The van der Waals surface area contributed by atoms with Crippen molar-refractivity contribution in [2.24, 2.45) is 0 Å². The van der Waals surface area contributed by atoms with Crippen LogP contribution in [-0.4, -0.2) is 36.2 Å². The maximum Gasteiger partial charge on any atom is 0.361 e. The number of quaternary nitrogens is 1. The minimum atomic E-state index is -0.143. The van der Waals surface area contributed by atoms with Gasteiger partial charge in [0.1, 0.15) is 12.6 Å². The molecule has 3 heteroatoms. The Bertz CT molecular complexity index is 1020. The van der Waals surface area contributed by atoms with Gasteiger partial charge in [-0.1, -0.05) is 97.6 Å². The number of nitrogens with zero attached hydrogens (tertiary/aromatic N) is 1. The van der Waals surface area contributed by atoms with E-state index in [-0.39, 0.29) is 12.0 Å². The van der Waals surface area contributed by atoms with E-state index in [0.29, 0.717) is 23.6 Å². The number of likely N-dealkylation sites (tertiary alicyclic amines) is 1. The van der Waals surface area contributed by atoms with Crippen molar-refractivity contribution in [3.05, 3.63) is 114 Å². The van der Waals surface area contributed by atoms with Crippen LogP contribution in [0.25, 0.3) is 5.57 Å². The van der Waals surface area contributed by atoms with E-state index in [2.05, 4.69) is 67.2 Å². The van der Waals surface area contributed by atoms with Crippen molar-refractivity contribution in [3.63, 3.8) is 0 Å². The van der Waals surface area contributed by atoms with Gasteiger partial charge in [0.05, 0.1) is 19.1 Å². The minimum absolute atomic E-state index is 0.106. The Kier molecular flexibility index (Phi) is 6.34. The Hall–Kier alpha value is -3.17. The molecule has 1 saturated heterocycles. The predicted octanol–water partition coefficient (Wildman–Crippen LogP) is 5.45. The molecule has 3 nitrogen and oxygen atoms in total. The molecule has 1 unspecified atom stereocenters. The molecule has 1 heterocycles. The van der Waals surface area contributed by atoms with E-state index in [4.69, 9.17) is 4.74 Å². The molecular weight excluding hydrogens is 382 g/mol. The van der Waals surface area contributed by atoms with Gasteiger partial charge >= 0.3 is 5.97 Å². The van der Waals surface area contributed by atoms with Crippen LogP contribution in [0.1, 0.15) is 29.5 Å². The van der Waals surface area contributed by atoms with Crippen LogP contribution in [0, 0.1) is 0 Å². The second-order valence-corrected chi connectivity index (χ2v) is 8.36. The lowest BCUT2D eigenvalue weighted by molar-refractivity contribution is -0.990. The molecule has 158 valence electrons. The third-order valence-electron chi connectivity index (χ3n) is 6.35. The number of hydrogen-bond donors (Lipinski definition) is 0. The fourth-order valence-electron chi connectivity index (χ4n) is 5.03. The third-order valence-corrected chi connectivity index (χ3v) is 6.35. The summed E-state index contributed by atoms with van der Waals surface area (Å²) < 4.78 is 6.04. The van der Waals surface area contributed by atoms with Gasteiger partial charge in [0.2, 0.25) is 0 Å². The largest absolute Gasteiger partial charge is 0.462 e. The molecule has 3 aromatic carbocycles. The molecular formula is C28H30NO2+. The Morgan fingerprint density at radius 2 is 1.52 bits per heavy atom. The number of carbonyl (C=O) groups is 1. The minimum Gasteiger partial charge on any atom is -0.462 e. The normalized spacial score (nSPS) is 22.4. The van der Waals surface area contributed by atoms with Crippen LogP contribution in [0.2, 0.25) is 0 Å². The van der Waals surface area contributed by atoms with Crippen LogP contribution in [-0.2, 0) is 16.1 Å². The van der Waals surface area contributed by atoms with E-state index in [9.17, 15) is 4.79 Å². The summed E-state index contributed by atoms with van der Waals surface area (Å²) in [7, 11) is 0. The maximum absolute atomic E-state index is 12.7. The zero-order chi connectivity index (χ0) is 21.7. The van der Waals surface area contributed by atoms with Gasteiger partial charge in [-0.2, -0.15) is 0 Å². The first-order chi connectivity index (χ1) is 15.1. The molecule has 4 rings (SSSR count). The van der Waals surface area contributed by atoms with Crippen LogP contribution >= 0.6 is 0 Å². The van der Waals surface area contributed by atoms with Crippen molar-refractivity contribution in [1.82, 2.24) is 0 Å². The zero-order valence-electron chi connectivity index (χ0n) is 18.1. The standard InChI is InChI=1S/C28H30NO2/c1-3-31-27(30)21-29(19-23-13-7-4-8-14-23)20-26(25-17-11-6-12-18-25)28(29)22(2)24-15-9-5-10-16-24/h4-18,26,28H,2-3,19-21H2,1H3/q+1/t26-,28-,29?/m0/s1. The number of hydrogen-bond acceptors (Lipinski definition) is 2. The molecule has 1 aliphatic heterocycles. The van der Waals surface area contributed by atoms with E-state index in [0.717, 1.165) is 24.2 Å². The molecule has 1 fully saturated rings. The average molecular weight is 413 g/mol. The van der Waals surface area contributed by atoms with Crippen molar-refractivity contribution in [2.45, 2.75) is 25.4 Å². The number of ether oxygens (including phenoxy) is 1. The van der Waals surface area contributed by atoms with Crippen LogP contribution in [0.5, 0.6) is 0 Å². The van der Waals surface area contributed by atoms with Gasteiger partial charge in [-0.25, -0.2) is 4.79 Å². The lowest BCUT2D eigenvalue weighted by Crippen LogP contribution is -2.70. The van der Waals surface area contributed by atoms with Crippen LogP contribution in [0.3, 0.4) is 0 Å². The van der Waals surface area contributed by atoms with E-state index < -0.39 is 0 Å². The van der Waals surface area contributed by atoms with Gasteiger partial charge in [0.25, 0.3) is 0 Å². The number of esters is 1. The molecule has 0 bridgehead atoms. The molecule has 0 aromatic heterocycles. The molecule has 0 saturated carbocycles. The third kappa shape index (κ3) is 4.47. The zero-order valence-corrected chi connectivity index (χ0v) is 18.1. The van der Waals surface area contributed by atoms with Crippen molar-refractivity contribution in [1.29, 1.82) is 0 Å². The van der Waals surface area contributed by atoms with Crippen LogP contribution < -0.4 is 0 Å². The molecule has 3 atom stereocenters. The monoisotopic (exact) mass is 412 g/mol. The summed E-state index contributed by atoms with van der Waals surface area (Å²) in [5, 5.41) is 0. The van der Waals surface area contributed by atoms with Gasteiger partial charge in [-0.3, -0.25) is 0 Å². The van der Waals surface area contributed by atoms with Gasteiger partial charge in [-0.05, 0) is 18.1 Å². The Balaban J connectivity index is 1.75. The summed E-state index contributed by atoms with van der Waals surface area (Å²) in [6, 6.07) is 31.5. The molecule has 0 amide bonds. The van der Waals surface area contributed by atoms with Gasteiger partial charge in [0.15, 0.2) is 6.54 Å². The molecule has 1 aliphatic rings. The Morgan fingerprint density at radius 3 is 2.13 bits per heavy atom. The molecule has 3 aromatic rings. The summed E-state index contributed by atoms with van der Waals surface area (Å²) in [4.78, 5) is 12.7. The number of benzene rings is 3. The molecule has 0 radical (unpaired) electrons. The first-order valence-corrected chi connectivity index (χ1v) is 11.0. The van der Waals surface area contributed by atoms with Gasteiger partial charge in [0, 0.05) is 11.1 Å². The van der Waals surface area contributed by atoms with Crippen molar-refractivity contribution in [3.8, 4) is 0 Å². The highest BCUT2D eigenvalue weighted by Crippen LogP contribution is 2.48.